The van der Waals surface area contributed by atoms with E-state index in [1.165, 1.54) is 38.8 Å². The molecule has 0 spiro atoms. The Hall–Kier alpha value is -0.0800. The first-order chi connectivity index (χ1) is 9.92. The lowest BCUT2D eigenvalue weighted by molar-refractivity contribution is 0.0111. The molecule has 124 valence electrons. The molecule has 1 aliphatic heterocycles. The summed E-state index contributed by atoms with van der Waals surface area (Å²) in [6.07, 6.45) is 5.56. The van der Waals surface area contributed by atoms with Crippen molar-refractivity contribution < 1.29 is 0 Å². The third kappa shape index (κ3) is 4.22. The van der Waals surface area contributed by atoms with Gasteiger partial charge in [0.05, 0.1) is 0 Å². The van der Waals surface area contributed by atoms with Crippen molar-refractivity contribution in [3.8, 4) is 0 Å². The lowest BCUT2D eigenvalue weighted by Gasteiger charge is -2.50. The predicted octanol–water partition coefficient (Wildman–Crippen LogP) is 4.16. The van der Waals surface area contributed by atoms with Crippen LogP contribution >= 0.6 is 0 Å². The molecule has 0 aromatic heterocycles. The summed E-state index contributed by atoms with van der Waals surface area (Å²) in [5, 5.41) is 3.85. The Morgan fingerprint density at radius 2 is 1.67 bits per heavy atom. The van der Waals surface area contributed by atoms with Crippen LogP contribution in [-0.4, -0.2) is 36.1 Å². The lowest BCUT2D eigenvalue weighted by Crippen LogP contribution is -2.63. The predicted molar refractivity (Wildman–Crippen MR) is 92.5 cm³/mol. The monoisotopic (exact) mass is 294 g/mol. The van der Waals surface area contributed by atoms with Crippen molar-refractivity contribution in [3.63, 3.8) is 0 Å². The van der Waals surface area contributed by atoms with Gasteiger partial charge >= 0.3 is 0 Å². The van der Waals surface area contributed by atoms with Gasteiger partial charge < -0.3 is 5.32 Å². The van der Waals surface area contributed by atoms with E-state index in [0.717, 1.165) is 35.8 Å². The molecule has 1 saturated heterocycles. The van der Waals surface area contributed by atoms with Crippen LogP contribution in [0.15, 0.2) is 0 Å². The topological polar surface area (TPSA) is 15.3 Å². The van der Waals surface area contributed by atoms with Crippen molar-refractivity contribution in [2.75, 3.05) is 13.1 Å². The fraction of sp³-hybridized carbons (Fsp3) is 1.00. The van der Waals surface area contributed by atoms with Gasteiger partial charge in [-0.15, -0.1) is 0 Å². The van der Waals surface area contributed by atoms with Crippen molar-refractivity contribution in [2.24, 2.45) is 23.7 Å². The summed E-state index contributed by atoms with van der Waals surface area (Å²) in [5.74, 6) is 3.36. The van der Waals surface area contributed by atoms with Crippen LogP contribution in [0.4, 0.5) is 0 Å². The van der Waals surface area contributed by atoms with Gasteiger partial charge in [-0.1, -0.05) is 48.0 Å². The molecule has 2 nitrogen and oxygen atoms in total. The van der Waals surface area contributed by atoms with Gasteiger partial charge in [0, 0.05) is 31.2 Å². The summed E-state index contributed by atoms with van der Waals surface area (Å²) in [4.78, 5) is 2.91. The molecule has 1 heterocycles. The Morgan fingerprint density at radius 1 is 1.05 bits per heavy atom. The first-order valence-corrected chi connectivity index (χ1v) is 9.41. The van der Waals surface area contributed by atoms with E-state index >= 15 is 0 Å². The molecule has 21 heavy (non-hydrogen) atoms. The van der Waals surface area contributed by atoms with E-state index in [9.17, 15) is 0 Å². The van der Waals surface area contributed by atoms with Gasteiger partial charge in [-0.25, -0.2) is 0 Å². The van der Waals surface area contributed by atoms with E-state index in [2.05, 4.69) is 51.8 Å². The van der Waals surface area contributed by atoms with Crippen molar-refractivity contribution in [1.29, 1.82) is 0 Å². The van der Waals surface area contributed by atoms with Gasteiger partial charge in [0.25, 0.3) is 0 Å². The summed E-state index contributed by atoms with van der Waals surface area (Å²) < 4.78 is 0. The average molecular weight is 295 g/mol. The molecule has 0 aromatic rings. The van der Waals surface area contributed by atoms with Crippen molar-refractivity contribution in [2.45, 2.75) is 85.4 Å². The number of hydrogen-bond acceptors (Lipinski definition) is 2. The zero-order valence-electron chi connectivity index (χ0n) is 15.2. The molecule has 2 rings (SSSR count). The summed E-state index contributed by atoms with van der Waals surface area (Å²) in [6.45, 7) is 16.9. The minimum absolute atomic E-state index is 0.692. The summed E-state index contributed by atoms with van der Waals surface area (Å²) >= 11 is 0. The lowest BCUT2D eigenvalue weighted by atomic mass is 9.78. The molecule has 5 unspecified atom stereocenters. The quantitative estimate of drug-likeness (QED) is 0.837. The van der Waals surface area contributed by atoms with Gasteiger partial charge in [-0.3, -0.25) is 4.90 Å². The number of piperazine rings is 1. The molecule has 2 aliphatic rings. The molecule has 0 aromatic carbocycles. The van der Waals surface area contributed by atoms with Crippen LogP contribution < -0.4 is 5.32 Å². The van der Waals surface area contributed by atoms with Crippen molar-refractivity contribution in [3.05, 3.63) is 0 Å². The first kappa shape index (κ1) is 17.3. The maximum absolute atomic E-state index is 3.85. The van der Waals surface area contributed by atoms with Crippen LogP contribution in [0.25, 0.3) is 0 Å². The highest BCUT2D eigenvalue weighted by atomic mass is 15.3. The molecule has 1 aliphatic carbocycles. The van der Waals surface area contributed by atoms with Crippen LogP contribution in [0.1, 0.15) is 67.2 Å². The smallest absolute Gasteiger partial charge is 0.0247 e. The second-order valence-electron chi connectivity index (χ2n) is 8.48. The van der Waals surface area contributed by atoms with Crippen LogP contribution in [0.2, 0.25) is 0 Å². The fourth-order valence-electron chi connectivity index (χ4n) is 4.70. The maximum atomic E-state index is 3.85. The largest absolute Gasteiger partial charge is 0.311 e. The number of nitrogens with one attached hydrogen (secondary N) is 1. The number of hydrogen-bond donors (Lipinski definition) is 1. The Bertz CT molecular complexity index is 305. The number of rotatable bonds is 4. The van der Waals surface area contributed by atoms with Crippen molar-refractivity contribution >= 4 is 0 Å². The zero-order chi connectivity index (χ0) is 15.6. The molecule has 0 amide bonds. The molecular formula is C19H38N2. The Morgan fingerprint density at radius 3 is 2.19 bits per heavy atom. The summed E-state index contributed by atoms with van der Waals surface area (Å²) in [7, 11) is 0. The highest BCUT2D eigenvalue weighted by molar-refractivity contribution is 4.94. The molecule has 0 radical (unpaired) electrons. The van der Waals surface area contributed by atoms with Crippen LogP contribution in [-0.2, 0) is 0 Å². The van der Waals surface area contributed by atoms with Gasteiger partial charge in [-0.05, 0) is 42.9 Å². The van der Waals surface area contributed by atoms with E-state index in [-0.39, 0.29) is 0 Å². The minimum Gasteiger partial charge on any atom is -0.311 e. The van der Waals surface area contributed by atoms with Gasteiger partial charge in [0.2, 0.25) is 0 Å². The zero-order valence-corrected chi connectivity index (χ0v) is 15.2. The van der Waals surface area contributed by atoms with Crippen LogP contribution in [0.3, 0.4) is 0 Å². The molecule has 1 N–H and O–H groups in total. The SMILES string of the molecule is CCC(C)C1CN(C2CC(C)CC(C)C2)C(C(C)C)CN1. The first-order valence-electron chi connectivity index (χ1n) is 9.41. The number of nitrogens with zero attached hydrogens (tertiary/aromatic N) is 1. The minimum atomic E-state index is 0.692. The Kier molecular flexibility index (Phi) is 6.14. The third-order valence-corrected chi connectivity index (χ3v) is 6.15. The molecule has 1 saturated carbocycles. The molecule has 5 atom stereocenters. The molecule has 0 bridgehead atoms. The molecular weight excluding hydrogens is 256 g/mol. The second-order valence-corrected chi connectivity index (χ2v) is 8.48. The standard InChI is InChI=1S/C19H38N2/c1-7-16(6)18-12-21(19(11-20-18)13(2)3)17-9-14(4)8-15(5)10-17/h13-20H,7-12H2,1-6H3. The second kappa shape index (κ2) is 7.46. The highest BCUT2D eigenvalue weighted by Crippen LogP contribution is 2.34. The van der Waals surface area contributed by atoms with Crippen molar-refractivity contribution in [1.82, 2.24) is 10.2 Å². The average Bonchev–Trinajstić information content (AvgIpc) is 2.44. The third-order valence-electron chi connectivity index (χ3n) is 6.15. The highest BCUT2D eigenvalue weighted by Gasteiger charge is 2.38. The van der Waals surface area contributed by atoms with E-state index in [0.29, 0.717) is 6.04 Å². The maximum Gasteiger partial charge on any atom is 0.0247 e. The van der Waals surface area contributed by atoms with Crippen LogP contribution in [0.5, 0.6) is 0 Å². The van der Waals surface area contributed by atoms with Gasteiger partial charge in [-0.2, -0.15) is 0 Å². The van der Waals surface area contributed by atoms with Crippen LogP contribution in [0, 0.1) is 23.7 Å². The van der Waals surface area contributed by atoms with Gasteiger partial charge in [0.15, 0.2) is 0 Å². The molecule has 2 fully saturated rings. The summed E-state index contributed by atoms with van der Waals surface area (Å²) in [5.41, 5.74) is 0. The van der Waals surface area contributed by atoms with Gasteiger partial charge in [0.1, 0.15) is 0 Å². The summed E-state index contributed by atoms with van der Waals surface area (Å²) in [6, 6.07) is 2.25. The normalized spacial score (nSPS) is 40.4. The van der Waals surface area contributed by atoms with E-state index in [4.69, 9.17) is 0 Å². The van der Waals surface area contributed by atoms with E-state index in [1.54, 1.807) is 0 Å². The Balaban J connectivity index is 2.09. The van der Waals surface area contributed by atoms with E-state index in [1.807, 2.05) is 0 Å². The Labute approximate surface area is 133 Å². The molecule has 2 heteroatoms. The fourth-order valence-corrected chi connectivity index (χ4v) is 4.70. The van der Waals surface area contributed by atoms with E-state index < -0.39 is 0 Å².